The summed E-state index contributed by atoms with van der Waals surface area (Å²) in [6, 6.07) is 13.5. The van der Waals surface area contributed by atoms with Crippen LogP contribution in [0.2, 0.25) is 0 Å². The van der Waals surface area contributed by atoms with E-state index in [4.69, 9.17) is 4.74 Å². The number of nitrogens with one attached hydrogen (secondary N) is 1. The van der Waals surface area contributed by atoms with Gasteiger partial charge in [-0.2, -0.15) is 0 Å². The van der Waals surface area contributed by atoms with Gasteiger partial charge in [0.05, 0.1) is 13.2 Å². The summed E-state index contributed by atoms with van der Waals surface area (Å²) in [5, 5.41) is 3.03. The van der Waals surface area contributed by atoms with Crippen LogP contribution in [-0.4, -0.2) is 13.0 Å². The summed E-state index contributed by atoms with van der Waals surface area (Å²) in [6.45, 7) is 5.96. The predicted octanol–water partition coefficient (Wildman–Crippen LogP) is 3.80. The molecule has 2 aromatic carbocycles. The molecule has 0 fully saturated rings. The van der Waals surface area contributed by atoms with Gasteiger partial charge in [-0.3, -0.25) is 4.79 Å². The summed E-state index contributed by atoms with van der Waals surface area (Å²) in [5.74, 6) is 0.766. The van der Waals surface area contributed by atoms with Gasteiger partial charge in [-0.15, -0.1) is 0 Å². The predicted molar refractivity (Wildman–Crippen MR) is 84.8 cm³/mol. The molecular weight excluding hydrogens is 262 g/mol. The molecule has 0 heterocycles. The van der Waals surface area contributed by atoms with Gasteiger partial charge in [-0.25, -0.2) is 0 Å². The molecule has 0 saturated carbocycles. The van der Waals surface area contributed by atoms with Crippen LogP contribution in [0.3, 0.4) is 0 Å². The Morgan fingerprint density at radius 1 is 1.10 bits per heavy atom. The summed E-state index contributed by atoms with van der Waals surface area (Å²) in [5.41, 5.74) is 3.93. The van der Waals surface area contributed by atoms with Crippen LogP contribution in [0.1, 0.15) is 40.0 Å². The molecule has 2 aromatic rings. The summed E-state index contributed by atoms with van der Waals surface area (Å²) < 4.78 is 5.14. The number of hydrogen-bond acceptors (Lipinski definition) is 2. The van der Waals surface area contributed by atoms with E-state index in [2.05, 4.69) is 5.32 Å². The number of carbonyl (C=O) groups is 1. The van der Waals surface area contributed by atoms with E-state index in [0.717, 1.165) is 28.0 Å². The average molecular weight is 283 g/mol. The Hall–Kier alpha value is -2.29. The van der Waals surface area contributed by atoms with Gasteiger partial charge in [-0.05, 0) is 50.1 Å². The van der Waals surface area contributed by atoms with Crippen molar-refractivity contribution >= 4 is 5.91 Å². The first-order chi connectivity index (χ1) is 10.0. The van der Waals surface area contributed by atoms with E-state index in [1.165, 1.54) is 0 Å². The maximum Gasteiger partial charge on any atom is 0.252 e. The van der Waals surface area contributed by atoms with Crippen molar-refractivity contribution in [3.8, 4) is 5.75 Å². The molecule has 0 aliphatic carbocycles. The van der Waals surface area contributed by atoms with Crippen LogP contribution in [0.4, 0.5) is 0 Å². The maximum absolute atomic E-state index is 12.3. The molecule has 2 rings (SSSR count). The quantitative estimate of drug-likeness (QED) is 0.926. The van der Waals surface area contributed by atoms with Crippen molar-refractivity contribution in [3.63, 3.8) is 0 Å². The molecule has 21 heavy (non-hydrogen) atoms. The smallest absolute Gasteiger partial charge is 0.252 e. The van der Waals surface area contributed by atoms with Gasteiger partial charge < -0.3 is 10.1 Å². The number of methoxy groups -OCH3 is 1. The number of benzene rings is 2. The third-order valence-corrected chi connectivity index (χ3v) is 3.59. The zero-order chi connectivity index (χ0) is 15.4. The van der Waals surface area contributed by atoms with Gasteiger partial charge >= 0.3 is 0 Å². The van der Waals surface area contributed by atoms with Crippen molar-refractivity contribution < 1.29 is 9.53 Å². The van der Waals surface area contributed by atoms with Crippen LogP contribution in [0.25, 0.3) is 0 Å². The Bertz CT molecular complexity index is 632. The number of ether oxygens (including phenoxy) is 1. The number of rotatable bonds is 4. The highest BCUT2D eigenvalue weighted by Crippen LogP contribution is 2.18. The minimum atomic E-state index is -0.0518. The topological polar surface area (TPSA) is 38.3 Å². The van der Waals surface area contributed by atoms with Crippen LogP contribution < -0.4 is 10.1 Å². The van der Waals surface area contributed by atoms with Crippen molar-refractivity contribution in [2.24, 2.45) is 0 Å². The summed E-state index contributed by atoms with van der Waals surface area (Å²) in [7, 11) is 1.64. The van der Waals surface area contributed by atoms with Crippen LogP contribution in [0, 0.1) is 13.8 Å². The van der Waals surface area contributed by atoms with Crippen molar-refractivity contribution in [2.75, 3.05) is 7.11 Å². The number of aryl methyl sites for hydroxylation is 2. The lowest BCUT2D eigenvalue weighted by Crippen LogP contribution is -2.27. The molecule has 1 atom stereocenters. The lowest BCUT2D eigenvalue weighted by atomic mass is 10.0. The lowest BCUT2D eigenvalue weighted by Gasteiger charge is -2.16. The molecule has 0 aliphatic heterocycles. The second-order valence-electron chi connectivity index (χ2n) is 5.29. The van der Waals surface area contributed by atoms with E-state index in [1.54, 1.807) is 7.11 Å². The first kappa shape index (κ1) is 15.1. The van der Waals surface area contributed by atoms with Gasteiger partial charge in [-0.1, -0.05) is 29.8 Å². The second kappa shape index (κ2) is 6.44. The van der Waals surface area contributed by atoms with E-state index in [0.29, 0.717) is 0 Å². The highest BCUT2D eigenvalue weighted by atomic mass is 16.5. The van der Waals surface area contributed by atoms with E-state index in [1.807, 2.05) is 63.2 Å². The molecule has 1 amide bonds. The fourth-order valence-electron chi connectivity index (χ4n) is 2.32. The molecule has 0 bridgehead atoms. The fourth-order valence-corrected chi connectivity index (χ4v) is 2.32. The largest absolute Gasteiger partial charge is 0.497 e. The van der Waals surface area contributed by atoms with E-state index >= 15 is 0 Å². The molecule has 0 unspecified atom stereocenters. The van der Waals surface area contributed by atoms with Crippen molar-refractivity contribution in [1.29, 1.82) is 0 Å². The Morgan fingerprint density at radius 3 is 2.33 bits per heavy atom. The molecular formula is C18H21NO2. The monoisotopic (exact) mass is 283 g/mol. The lowest BCUT2D eigenvalue weighted by molar-refractivity contribution is 0.0939. The van der Waals surface area contributed by atoms with Crippen LogP contribution >= 0.6 is 0 Å². The normalized spacial score (nSPS) is 11.8. The van der Waals surface area contributed by atoms with Crippen molar-refractivity contribution in [3.05, 3.63) is 64.7 Å². The highest BCUT2D eigenvalue weighted by molar-refractivity contribution is 5.95. The summed E-state index contributed by atoms with van der Waals surface area (Å²) in [6.07, 6.45) is 0. The van der Waals surface area contributed by atoms with E-state index in [-0.39, 0.29) is 11.9 Å². The zero-order valence-corrected chi connectivity index (χ0v) is 12.9. The van der Waals surface area contributed by atoms with Crippen molar-refractivity contribution in [1.82, 2.24) is 5.32 Å². The highest BCUT2D eigenvalue weighted by Gasteiger charge is 2.13. The first-order valence-corrected chi connectivity index (χ1v) is 7.03. The molecule has 0 spiro atoms. The molecule has 3 nitrogen and oxygen atoms in total. The van der Waals surface area contributed by atoms with E-state index in [9.17, 15) is 4.79 Å². The third kappa shape index (κ3) is 3.63. The molecule has 110 valence electrons. The Kier molecular flexibility index (Phi) is 4.63. The fraction of sp³-hybridized carbons (Fsp3) is 0.278. The van der Waals surface area contributed by atoms with Gasteiger partial charge in [0.2, 0.25) is 0 Å². The third-order valence-electron chi connectivity index (χ3n) is 3.59. The van der Waals surface area contributed by atoms with Crippen LogP contribution in [0.15, 0.2) is 42.5 Å². The van der Waals surface area contributed by atoms with Crippen molar-refractivity contribution in [2.45, 2.75) is 26.8 Å². The number of carbonyl (C=O) groups excluding carboxylic acids is 1. The minimum Gasteiger partial charge on any atom is -0.497 e. The molecule has 0 radical (unpaired) electrons. The Balaban J connectivity index is 2.10. The molecule has 1 N–H and O–H groups in total. The van der Waals surface area contributed by atoms with Crippen LogP contribution in [-0.2, 0) is 0 Å². The summed E-state index contributed by atoms with van der Waals surface area (Å²) in [4.78, 5) is 12.3. The average Bonchev–Trinajstić information content (AvgIpc) is 2.47. The zero-order valence-electron chi connectivity index (χ0n) is 12.9. The Morgan fingerprint density at radius 2 is 1.76 bits per heavy atom. The van der Waals surface area contributed by atoms with E-state index < -0.39 is 0 Å². The minimum absolute atomic E-state index is 0.0455. The molecule has 0 saturated heterocycles. The number of hydrogen-bond donors (Lipinski definition) is 1. The Labute approximate surface area is 126 Å². The molecule has 3 heteroatoms. The SMILES string of the molecule is COc1ccc([C@H](C)NC(=O)c2ccc(C)cc2C)cc1. The number of amides is 1. The summed E-state index contributed by atoms with van der Waals surface area (Å²) >= 11 is 0. The van der Waals surface area contributed by atoms with Gasteiger partial charge in [0, 0.05) is 5.56 Å². The standard InChI is InChI=1S/C18H21NO2/c1-12-5-10-17(13(2)11-12)18(20)19-14(3)15-6-8-16(21-4)9-7-15/h5-11,14H,1-4H3,(H,19,20)/t14-/m0/s1. The van der Waals surface area contributed by atoms with Gasteiger partial charge in [0.1, 0.15) is 5.75 Å². The molecule has 0 aromatic heterocycles. The van der Waals surface area contributed by atoms with Crippen LogP contribution in [0.5, 0.6) is 5.75 Å². The first-order valence-electron chi connectivity index (χ1n) is 7.03. The molecule has 0 aliphatic rings. The maximum atomic E-state index is 12.3. The van der Waals surface area contributed by atoms with Gasteiger partial charge in [0.15, 0.2) is 0 Å². The second-order valence-corrected chi connectivity index (χ2v) is 5.29. The van der Waals surface area contributed by atoms with Gasteiger partial charge in [0.25, 0.3) is 5.91 Å².